The molecule has 0 amide bonds. The van der Waals surface area contributed by atoms with Crippen LogP contribution in [-0.2, 0) is 10.0 Å². The number of halogens is 1. The van der Waals surface area contributed by atoms with E-state index in [0.29, 0.717) is 12.2 Å². The molecule has 0 bridgehead atoms. The fourth-order valence-electron chi connectivity index (χ4n) is 2.72. The minimum absolute atomic E-state index is 0.107. The van der Waals surface area contributed by atoms with E-state index >= 15 is 0 Å². The SMILES string of the molecule is CCCC1CCCCN1S(=O)(=O)c1ccc(N)c(Cl)c1. The van der Waals surface area contributed by atoms with Crippen LogP contribution in [0, 0.1) is 0 Å². The zero-order chi connectivity index (χ0) is 14.8. The van der Waals surface area contributed by atoms with Gasteiger partial charge in [0.2, 0.25) is 10.0 Å². The van der Waals surface area contributed by atoms with E-state index in [1.807, 2.05) is 0 Å². The number of nitrogens with two attached hydrogens (primary N) is 1. The van der Waals surface area contributed by atoms with Gasteiger partial charge in [0, 0.05) is 12.6 Å². The molecule has 4 nitrogen and oxygen atoms in total. The summed E-state index contributed by atoms with van der Waals surface area (Å²) in [5.74, 6) is 0. The van der Waals surface area contributed by atoms with Crippen molar-refractivity contribution in [3.63, 3.8) is 0 Å². The Hall–Kier alpha value is -0.780. The van der Waals surface area contributed by atoms with Gasteiger partial charge in [-0.1, -0.05) is 31.4 Å². The van der Waals surface area contributed by atoms with Crippen LogP contribution in [0.4, 0.5) is 5.69 Å². The first-order chi connectivity index (χ1) is 9.46. The number of nitrogens with zero attached hydrogens (tertiary/aromatic N) is 1. The molecule has 1 aromatic carbocycles. The third-order valence-corrected chi connectivity index (χ3v) is 6.05. The van der Waals surface area contributed by atoms with Crippen molar-refractivity contribution in [1.82, 2.24) is 4.31 Å². The Balaban J connectivity index is 2.34. The van der Waals surface area contributed by atoms with Gasteiger partial charge in [0.05, 0.1) is 15.6 Å². The van der Waals surface area contributed by atoms with Gasteiger partial charge < -0.3 is 5.73 Å². The predicted octanol–water partition coefficient (Wildman–Crippen LogP) is 3.27. The molecule has 1 atom stereocenters. The molecule has 0 radical (unpaired) electrons. The Labute approximate surface area is 126 Å². The van der Waals surface area contributed by atoms with Crippen LogP contribution in [0.15, 0.2) is 23.1 Å². The number of anilines is 1. The van der Waals surface area contributed by atoms with E-state index in [2.05, 4.69) is 6.92 Å². The van der Waals surface area contributed by atoms with Gasteiger partial charge in [-0.05, 0) is 37.5 Å². The second kappa shape index (κ2) is 6.33. The van der Waals surface area contributed by atoms with Crippen LogP contribution < -0.4 is 5.73 Å². The molecule has 1 heterocycles. The lowest BCUT2D eigenvalue weighted by Crippen LogP contribution is -2.43. The van der Waals surface area contributed by atoms with Crippen molar-refractivity contribution in [3.05, 3.63) is 23.2 Å². The highest BCUT2D eigenvalue weighted by Crippen LogP contribution is 2.30. The van der Waals surface area contributed by atoms with Crippen LogP contribution in [0.25, 0.3) is 0 Å². The maximum atomic E-state index is 12.8. The normalized spacial score (nSPS) is 21.0. The van der Waals surface area contributed by atoms with E-state index < -0.39 is 10.0 Å². The smallest absolute Gasteiger partial charge is 0.243 e. The molecule has 2 rings (SSSR count). The van der Waals surface area contributed by atoms with E-state index in [1.165, 1.54) is 12.1 Å². The van der Waals surface area contributed by atoms with Gasteiger partial charge >= 0.3 is 0 Å². The third-order valence-electron chi connectivity index (χ3n) is 3.77. The second-order valence-electron chi connectivity index (χ2n) is 5.24. The molecule has 1 aliphatic heterocycles. The highest BCUT2D eigenvalue weighted by atomic mass is 35.5. The van der Waals surface area contributed by atoms with E-state index in [1.54, 1.807) is 10.4 Å². The molecule has 6 heteroatoms. The lowest BCUT2D eigenvalue weighted by molar-refractivity contribution is 0.239. The molecule has 20 heavy (non-hydrogen) atoms. The van der Waals surface area contributed by atoms with Gasteiger partial charge in [0.25, 0.3) is 0 Å². The molecule has 2 N–H and O–H groups in total. The molecule has 1 unspecified atom stereocenters. The van der Waals surface area contributed by atoms with Gasteiger partial charge in [-0.2, -0.15) is 4.31 Å². The van der Waals surface area contributed by atoms with Gasteiger partial charge in [-0.25, -0.2) is 8.42 Å². The summed E-state index contributed by atoms with van der Waals surface area (Å²) in [6.45, 7) is 2.68. The Kier molecular flexibility index (Phi) is 4.94. The maximum absolute atomic E-state index is 12.8. The first-order valence-electron chi connectivity index (χ1n) is 7.03. The van der Waals surface area contributed by atoms with E-state index in [4.69, 9.17) is 17.3 Å². The van der Waals surface area contributed by atoms with E-state index in [0.717, 1.165) is 32.1 Å². The first-order valence-corrected chi connectivity index (χ1v) is 8.85. The molecule has 1 aliphatic rings. The molecule has 1 saturated heterocycles. The average Bonchev–Trinajstić information content (AvgIpc) is 2.42. The van der Waals surface area contributed by atoms with E-state index in [-0.39, 0.29) is 16.0 Å². The van der Waals surface area contributed by atoms with Crippen LogP contribution in [0.5, 0.6) is 0 Å². The van der Waals surface area contributed by atoms with Crippen molar-refractivity contribution in [1.29, 1.82) is 0 Å². The Morgan fingerprint density at radius 1 is 1.40 bits per heavy atom. The molecule has 0 spiro atoms. The Morgan fingerprint density at radius 2 is 2.15 bits per heavy atom. The van der Waals surface area contributed by atoms with Crippen LogP contribution in [0.2, 0.25) is 5.02 Å². The number of nitrogen functional groups attached to an aromatic ring is 1. The average molecular weight is 317 g/mol. The number of rotatable bonds is 4. The lowest BCUT2D eigenvalue weighted by atomic mass is 10.0. The Morgan fingerprint density at radius 3 is 2.80 bits per heavy atom. The molecule has 0 saturated carbocycles. The molecular formula is C14H21ClN2O2S. The molecule has 112 valence electrons. The van der Waals surface area contributed by atoms with Crippen molar-refractivity contribution >= 4 is 27.3 Å². The highest BCUT2D eigenvalue weighted by molar-refractivity contribution is 7.89. The largest absolute Gasteiger partial charge is 0.398 e. The number of hydrogen-bond acceptors (Lipinski definition) is 3. The lowest BCUT2D eigenvalue weighted by Gasteiger charge is -2.34. The third kappa shape index (κ3) is 3.10. The summed E-state index contributed by atoms with van der Waals surface area (Å²) in [5.41, 5.74) is 6.04. The molecule has 0 aromatic heterocycles. The molecular weight excluding hydrogens is 296 g/mol. The fraction of sp³-hybridized carbons (Fsp3) is 0.571. The maximum Gasteiger partial charge on any atom is 0.243 e. The standard InChI is InChI=1S/C14H21ClN2O2S/c1-2-5-11-6-3-4-9-17(11)20(18,19)12-7-8-14(16)13(15)10-12/h7-8,10-11H,2-6,9,16H2,1H3. The zero-order valence-electron chi connectivity index (χ0n) is 11.7. The summed E-state index contributed by atoms with van der Waals surface area (Å²) in [5, 5.41) is 0.287. The monoisotopic (exact) mass is 316 g/mol. The predicted molar refractivity (Wildman–Crippen MR) is 82.3 cm³/mol. The first kappa shape index (κ1) is 15.6. The molecule has 1 aromatic rings. The summed E-state index contributed by atoms with van der Waals surface area (Å²) in [6, 6.07) is 4.64. The quantitative estimate of drug-likeness (QED) is 0.867. The van der Waals surface area contributed by atoms with Crippen molar-refractivity contribution in [2.45, 2.75) is 50.0 Å². The van der Waals surface area contributed by atoms with Crippen LogP contribution in [-0.4, -0.2) is 25.3 Å². The molecule has 0 aliphatic carbocycles. The van der Waals surface area contributed by atoms with Crippen LogP contribution >= 0.6 is 11.6 Å². The number of hydrogen-bond donors (Lipinski definition) is 1. The highest BCUT2D eigenvalue weighted by Gasteiger charge is 2.33. The summed E-state index contributed by atoms with van der Waals surface area (Å²) in [4.78, 5) is 0.236. The van der Waals surface area contributed by atoms with Gasteiger partial charge in [0.15, 0.2) is 0 Å². The summed E-state index contributed by atoms with van der Waals surface area (Å²) in [7, 11) is -3.48. The number of sulfonamides is 1. The van der Waals surface area contributed by atoms with Crippen molar-refractivity contribution in [2.75, 3.05) is 12.3 Å². The van der Waals surface area contributed by atoms with E-state index in [9.17, 15) is 8.42 Å². The van der Waals surface area contributed by atoms with Gasteiger partial charge in [0.1, 0.15) is 0 Å². The minimum Gasteiger partial charge on any atom is -0.398 e. The zero-order valence-corrected chi connectivity index (χ0v) is 13.3. The van der Waals surface area contributed by atoms with Crippen LogP contribution in [0.1, 0.15) is 39.0 Å². The van der Waals surface area contributed by atoms with Crippen molar-refractivity contribution < 1.29 is 8.42 Å². The van der Waals surface area contributed by atoms with Gasteiger partial charge in [-0.15, -0.1) is 0 Å². The number of piperidine rings is 1. The summed E-state index contributed by atoms with van der Waals surface area (Å²) < 4.78 is 27.2. The summed E-state index contributed by atoms with van der Waals surface area (Å²) >= 11 is 5.95. The molecule has 1 fully saturated rings. The van der Waals surface area contributed by atoms with Gasteiger partial charge in [-0.3, -0.25) is 0 Å². The van der Waals surface area contributed by atoms with Crippen molar-refractivity contribution in [2.24, 2.45) is 0 Å². The second-order valence-corrected chi connectivity index (χ2v) is 7.54. The summed E-state index contributed by atoms with van der Waals surface area (Å²) in [6.07, 6.45) is 4.85. The Bertz CT molecular complexity index is 573. The number of benzene rings is 1. The van der Waals surface area contributed by atoms with Crippen molar-refractivity contribution in [3.8, 4) is 0 Å². The fourth-order valence-corrected chi connectivity index (χ4v) is 4.71. The van der Waals surface area contributed by atoms with Crippen LogP contribution in [0.3, 0.4) is 0 Å². The topological polar surface area (TPSA) is 63.4 Å². The minimum atomic E-state index is -3.48.